The van der Waals surface area contributed by atoms with Gasteiger partial charge in [0.2, 0.25) is 0 Å². The molecule has 2 aromatic rings. The van der Waals surface area contributed by atoms with E-state index in [-0.39, 0.29) is 11.2 Å². The molecule has 2 aromatic carbocycles. The molecule has 0 radical (unpaired) electrons. The highest BCUT2D eigenvalue weighted by Crippen LogP contribution is 2.30. The van der Waals surface area contributed by atoms with Crippen LogP contribution in [0, 0.1) is 5.41 Å². The molecular formula is C21H26O3. The van der Waals surface area contributed by atoms with Crippen LogP contribution in [0.5, 0.6) is 11.5 Å². The molecule has 2 rings (SSSR count). The number of methoxy groups -OCH3 is 1. The molecule has 3 heteroatoms. The van der Waals surface area contributed by atoms with Gasteiger partial charge in [0, 0.05) is 11.8 Å². The van der Waals surface area contributed by atoms with Crippen molar-refractivity contribution in [2.24, 2.45) is 5.41 Å². The molecule has 0 saturated heterocycles. The number of benzene rings is 2. The number of ketones is 1. The van der Waals surface area contributed by atoms with Crippen LogP contribution in [-0.2, 0) is 17.8 Å². The Bertz CT molecular complexity index is 669. The summed E-state index contributed by atoms with van der Waals surface area (Å²) in [6, 6.07) is 15.9. The lowest BCUT2D eigenvalue weighted by molar-refractivity contribution is -0.126. The maximum absolute atomic E-state index is 12.1. The van der Waals surface area contributed by atoms with Crippen LogP contribution in [0.2, 0.25) is 0 Å². The maximum Gasteiger partial charge on any atom is 0.161 e. The summed E-state index contributed by atoms with van der Waals surface area (Å²) in [6.07, 6.45) is 1.25. The number of ether oxygens (including phenoxy) is 2. The molecule has 0 bridgehead atoms. The second kappa shape index (κ2) is 8.00. The Labute approximate surface area is 144 Å². The van der Waals surface area contributed by atoms with E-state index in [9.17, 15) is 4.79 Å². The van der Waals surface area contributed by atoms with Crippen LogP contribution in [0.1, 0.15) is 38.3 Å². The molecule has 0 aromatic heterocycles. The van der Waals surface area contributed by atoms with Crippen LogP contribution in [0.4, 0.5) is 0 Å². The van der Waals surface area contributed by atoms with Crippen molar-refractivity contribution >= 4 is 5.78 Å². The van der Waals surface area contributed by atoms with Crippen LogP contribution in [0.3, 0.4) is 0 Å². The zero-order valence-electron chi connectivity index (χ0n) is 15.0. The average Bonchev–Trinajstić information content (AvgIpc) is 2.58. The number of hydrogen-bond acceptors (Lipinski definition) is 3. The Kier molecular flexibility index (Phi) is 6.02. The predicted molar refractivity (Wildman–Crippen MR) is 96.6 cm³/mol. The summed E-state index contributed by atoms with van der Waals surface area (Å²) >= 11 is 0. The Morgan fingerprint density at radius 2 is 1.67 bits per heavy atom. The highest BCUT2D eigenvalue weighted by molar-refractivity contribution is 5.83. The van der Waals surface area contributed by atoms with E-state index in [1.807, 2.05) is 69.3 Å². The highest BCUT2D eigenvalue weighted by Gasteiger charge is 2.20. The van der Waals surface area contributed by atoms with E-state index in [1.54, 1.807) is 7.11 Å². The first-order chi connectivity index (χ1) is 11.4. The molecule has 0 amide bonds. The third-order valence-electron chi connectivity index (χ3n) is 3.94. The molecule has 0 aliphatic rings. The van der Waals surface area contributed by atoms with Gasteiger partial charge in [-0.25, -0.2) is 0 Å². The summed E-state index contributed by atoms with van der Waals surface area (Å²) < 4.78 is 11.3. The molecule has 0 fully saturated rings. The lowest BCUT2D eigenvalue weighted by atomic mass is 9.87. The quantitative estimate of drug-likeness (QED) is 0.731. The number of carbonyl (C=O) groups excluding carboxylic acids is 1. The molecule has 0 heterocycles. The summed E-state index contributed by atoms with van der Waals surface area (Å²) in [5, 5.41) is 0. The van der Waals surface area contributed by atoms with Crippen molar-refractivity contribution in [2.75, 3.05) is 7.11 Å². The van der Waals surface area contributed by atoms with Gasteiger partial charge < -0.3 is 9.47 Å². The Morgan fingerprint density at radius 1 is 0.958 bits per heavy atom. The summed E-state index contributed by atoms with van der Waals surface area (Å²) in [5.41, 5.74) is 1.89. The van der Waals surface area contributed by atoms with Gasteiger partial charge in [-0.3, -0.25) is 4.79 Å². The number of hydrogen-bond donors (Lipinski definition) is 0. The molecule has 0 saturated carbocycles. The Morgan fingerprint density at radius 3 is 2.29 bits per heavy atom. The van der Waals surface area contributed by atoms with E-state index in [2.05, 4.69) is 0 Å². The number of carbonyl (C=O) groups is 1. The third kappa shape index (κ3) is 5.12. The molecule has 24 heavy (non-hydrogen) atoms. The minimum Gasteiger partial charge on any atom is -0.493 e. The second-order valence-corrected chi connectivity index (χ2v) is 6.93. The molecular weight excluding hydrogens is 300 g/mol. The van der Waals surface area contributed by atoms with Crippen LogP contribution in [-0.4, -0.2) is 12.9 Å². The molecule has 0 N–H and O–H groups in total. The summed E-state index contributed by atoms with van der Waals surface area (Å²) in [5.74, 6) is 1.68. The van der Waals surface area contributed by atoms with Crippen molar-refractivity contribution in [1.82, 2.24) is 0 Å². The monoisotopic (exact) mass is 326 g/mol. The van der Waals surface area contributed by atoms with Crippen LogP contribution in [0.15, 0.2) is 48.5 Å². The number of aryl methyl sites for hydroxylation is 1. The second-order valence-electron chi connectivity index (χ2n) is 6.93. The fraction of sp³-hybridized carbons (Fsp3) is 0.381. The minimum atomic E-state index is -0.293. The molecule has 0 spiro atoms. The average molecular weight is 326 g/mol. The van der Waals surface area contributed by atoms with Gasteiger partial charge in [0.05, 0.1) is 7.11 Å². The van der Waals surface area contributed by atoms with Crippen molar-refractivity contribution < 1.29 is 14.3 Å². The van der Waals surface area contributed by atoms with Gasteiger partial charge in [-0.1, -0.05) is 57.2 Å². The van der Waals surface area contributed by atoms with Crippen LogP contribution < -0.4 is 9.47 Å². The minimum absolute atomic E-state index is 0.269. The van der Waals surface area contributed by atoms with E-state index in [0.717, 1.165) is 11.1 Å². The predicted octanol–water partition coefficient (Wildman–Crippen LogP) is 4.82. The lowest BCUT2D eigenvalue weighted by Crippen LogP contribution is -2.20. The van der Waals surface area contributed by atoms with E-state index >= 15 is 0 Å². The molecule has 0 aliphatic heterocycles. The van der Waals surface area contributed by atoms with Gasteiger partial charge >= 0.3 is 0 Å². The smallest absolute Gasteiger partial charge is 0.161 e. The van der Waals surface area contributed by atoms with Gasteiger partial charge in [-0.15, -0.1) is 0 Å². The first-order valence-electron chi connectivity index (χ1n) is 8.27. The van der Waals surface area contributed by atoms with Crippen molar-refractivity contribution in [3.63, 3.8) is 0 Å². The van der Waals surface area contributed by atoms with Crippen molar-refractivity contribution in [3.05, 3.63) is 59.7 Å². The fourth-order valence-corrected chi connectivity index (χ4v) is 2.36. The highest BCUT2D eigenvalue weighted by atomic mass is 16.5. The van der Waals surface area contributed by atoms with Crippen molar-refractivity contribution in [2.45, 2.75) is 40.2 Å². The number of Topliss-reactive ketones (excluding diaryl/α,β-unsaturated/α-hetero) is 1. The van der Waals surface area contributed by atoms with Crippen molar-refractivity contribution in [3.8, 4) is 11.5 Å². The SMILES string of the molecule is COc1ccc(CCC(=O)C(C)(C)C)cc1OCc1ccccc1. The fourth-order valence-electron chi connectivity index (χ4n) is 2.36. The van der Waals surface area contributed by atoms with E-state index < -0.39 is 0 Å². The lowest BCUT2D eigenvalue weighted by Gasteiger charge is -2.17. The van der Waals surface area contributed by atoms with Gasteiger partial charge in [0.1, 0.15) is 12.4 Å². The van der Waals surface area contributed by atoms with E-state index in [1.165, 1.54) is 0 Å². The summed E-state index contributed by atoms with van der Waals surface area (Å²) in [6.45, 7) is 6.36. The van der Waals surface area contributed by atoms with Gasteiger partial charge in [-0.05, 0) is 29.7 Å². The molecule has 0 atom stereocenters. The molecule has 3 nitrogen and oxygen atoms in total. The Balaban J connectivity index is 2.05. The zero-order valence-corrected chi connectivity index (χ0v) is 15.0. The third-order valence-corrected chi connectivity index (χ3v) is 3.94. The van der Waals surface area contributed by atoms with Gasteiger partial charge in [-0.2, -0.15) is 0 Å². The first-order valence-corrected chi connectivity index (χ1v) is 8.27. The largest absolute Gasteiger partial charge is 0.493 e. The van der Waals surface area contributed by atoms with Gasteiger partial charge in [0.25, 0.3) is 0 Å². The first kappa shape index (κ1) is 18.1. The van der Waals surface area contributed by atoms with Crippen molar-refractivity contribution in [1.29, 1.82) is 0 Å². The van der Waals surface area contributed by atoms with Crippen LogP contribution >= 0.6 is 0 Å². The molecule has 0 unspecified atom stereocenters. The Hall–Kier alpha value is -2.29. The van der Waals surface area contributed by atoms with E-state index in [4.69, 9.17) is 9.47 Å². The molecule has 0 aliphatic carbocycles. The number of rotatable bonds is 7. The normalized spacial score (nSPS) is 11.2. The van der Waals surface area contributed by atoms with Crippen LogP contribution in [0.25, 0.3) is 0 Å². The maximum atomic E-state index is 12.1. The topological polar surface area (TPSA) is 35.5 Å². The zero-order chi connectivity index (χ0) is 17.6. The summed E-state index contributed by atoms with van der Waals surface area (Å²) in [7, 11) is 1.63. The molecule has 128 valence electrons. The summed E-state index contributed by atoms with van der Waals surface area (Å²) in [4.78, 5) is 12.1. The van der Waals surface area contributed by atoms with E-state index in [0.29, 0.717) is 30.9 Å². The van der Waals surface area contributed by atoms with Gasteiger partial charge in [0.15, 0.2) is 11.5 Å². The standard InChI is InChI=1S/C21H26O3/c1-21(2,3)20(22)13-11-16-10-12-18(23-4)19(14-16)24-15-17-8-6-5-7-9-17/h5-10,12,14H,11,13,15H2,1-4H3.